The largest absolute Gasteiger partial charge is 0.446 e. The fourth-order valence-corrected chi connectivity index (χ4v) is 2.25. The maximum absolute atomic E-state index is 12.1. The van der Waals surface area contributed by atoms with E-state index in [1.165, 1.54) is 38.1 Å². The zero-order chi connectivity index (χ0) is 14.0. The third-order valence-corrected chi connectivity index (χ3v) is 4.47. The van der Waals surface area contributed by atoms with Crippen LogP contribution in [-0.4, -0.2) is 19.2 Å². The highest BCUT2D eigenvalue weighted by Gasteiger charge is 2.29. The van der Waals surface area contributed by atoms with Gasteiger partial charge in [-0.3, -0.25) is 4.72 Å². The summed E-state index contributed by atoms with van der Waals surface area (Å²) in [6.07, 6.45) is 0. The van der Waals surface area contributed by atoms with Gasteiger partial charge in [0, 0.05) is 10.6 Å². The van der Waals surface area contributed by atoms with E-state index in [1.54, 1.807) is 0 Å². The fraction of sp³-hybridized carbons (Fsp3) is 0.400. The molecular weight excluding hydrogens is 287 g/mol. The number of hydrogen-bond donors (Lipinski definition) is 1. The lowest BCUT2D eigenvalue weighted by Crippen LogP contribution is -2.22. The molecule has 0 aliphatic rings. The summed E-state index contributed by atoms with van der Waals surface area (Å²) >= 11 is -0.243. The summed E-state index contributed by atoms with van der Waals surface area (Å²) in [6, 6.07) is 5.04. The van der Waals surface area contributed by atoms with Crippen LogP contribution in [0.15, 0.2) is 29.2 Å². The Morgan fingerprint density at radius 1 is 1.17 bits per heavy atom. The minimum Gasteiger partial charge on any atom is -0.283 e. The van der Waals surface area contributed by atoms with Crippen LogP contribution >= 0.6 is 11.8 Å². The Bertz CT molecular complexity index is 495. The van der Waals surface area contributed by atoms with Crippen molar-refractivity contribution in [2.45, 2.75) is 29.5 Å². The van der Waals surface area contributed by atoms with Gasteiger partial charge in [0.2, 0.25) is 10.0 Å². The van der Waals surface area contributed by atoms with Crippen molar-refractivity contribution >= 4 is 27.5 Å². The molecule has 0 heterocycles. The maximum Gasteiger partial charge on any atom is 0.446 e. The van der Waals surface area contributed by atoms with Crippen molar-refractivity contribution in [3.63, 3.8) is 0 Å². The van der Waals surface area contributed by atoms with Gasteiger partial charge in [0.05, 0.1) is 5.25 Å². The third kappa shape index (κ3) is 4.77. The van der Waals surface area contributed by atoms with Gasteiger partial charge >= 0.3 is 5.51 Å². The third-order valence-electron chi connectivity index (χ3n) is 1.97. The summed E-state index contributed by atoms with van der Waals surface area (Å²) in [5.74, 6) is 0. The SMILES string of the molecule is CC(C)S(=O)(=O)Nc1ccc(SC(F)(F)F)cc1. The summed E-state index contributed by atoms with van der Waals surface area (Å²) in [5, 5.41) is -0.610. The number of benzene rings is 1. The zero-order valence-electron chi connectivity index (χ0n) is 9.65. The number of rotatable bonds is 4. The van der Waals surface area contributed by atoms with Crippen molar-refractivity contribution < 1.29 is 21.6 Å². The van der Waals surface area contributed by atoms with E-state index in [4.69, 9.17) is 0 Å². The zero-order valence-corrected chi connectivity index (χ0v) is 11.3. The van der Waals surface area contributed by atoms with Crippen LogP contribution in [0.1, 0.15) is 13.8 Å². The van der Waals surface area contributed by atoms with E-state index in [-0.39, 0.29) is 22.3 Å². The summed E-state index contributed by atoms with van der Waals surface area (Å²) in [4.78, 5) is 0.00925. The van der Waals surface area contributed by atoms with Crippen molar-refractivity contribution in [3.05, 3.63) is 24.3 Å². The first kappa shape index (κ1) is 15.2. The molecule has 0 saturated carbocycles. The molecule has 0 aromatic heterocycles. The maximum atomic E-state index is 12.1. The van der Waals surface area contributed by atoms with Gasteiger partial charge in [0.15, 0.2) is 0 Å². The van der Waals surface area contributed by atoms with E-state index in [0.29, 0.717) is 0 Å². The molecular formula is C10H12F3NO2S2. The normalized spacial score (nSPS) is 12.8. The van der Waals surface area contributed by atoms with Crippen LogP contribution in [0.4, 0.5) is 18.9 Å². The Balaban J connectivity index is 2.79. The molecule has 1 N–H and O–H groups in total. The molecule has 3 nitrogen and oxygen atoms in total. The molecule has 1 aromatic carbocycles. The Labute approximate surface area is 108 Å². The number of thioether (sulfide) groups is 1. The van der Waals surface area contributed by atoms with Gasteiger partial charge in [-0.1, -0.05) is 0 Å². The van der Waals surface area contributed by atoms with E-state index < -0.39 is 20.8 Å². The molecule has 0 atom stereocenters. The van der Waals surface area contributed by atoms with E-state index in [9.17, 15) is 21.6 Å². The number of halogens is 3. The highest BCUT2D eigenvalue weighted by atomic mass is 32.2. The lowest BCUT2D eigenvalue weighted by atomic mass is 10.3. The molecule has 0 fully saturated rings. The highest BCUT2D eigenvalue weighted by Crippen LogP contribution is 2.37. The van der Waals surface area contributed by atoms with E-state index in [0.717, 1.165) is 0 Å². The number of alkyl halides is 3. The summed E-state index contributed by atoms with van der Waals surface area (Å²) in [5.41, 5.74) is -4.10. The summed E-state index contributed by atoms with van der Waals surface area (Å²) in [7, 11) is -3.48. The Morgan fingerprint density at radius 3 is 2.06 bits per heavy atom. The Kier molecular flexibility index (Phi) is 4.55. The lowest BCUT2D eigenvalue weighted by Gasteiger charge is -2.11. The van der Waals surface area contributed by atoms with Crippen LogP contribution in [0.5, 0.6) is 0 Å². The molecule has 18 heavy (non-hydrogen) atoms. The lowest BCUT2D eigenvalue weighted by molar-refractivity contribution is -0.0328. The van der Waals surface area contributed by atoms with Crippen LogP contribution in [0.2, 0.25) is 0 Å². The number of nitrogens with one attached hydrogen (secondary N) is 1. The van der Waals surface area contributed by atoms with Crippen molar-refractivity contribution in [1.29, 1.82) is 0 Å². The van der Waals surface area contributed by atoms with Crippen LogP contribution in [0.3, 0.4) is 0 Å². The molecule has 0 aliphatic carbocycles. The van der Waals surface area contributed by atoms with Crippen LogP contribution < -0.4 is 4.72 Å². The molecule has 0 saturated heterocycles. The standard InChI is InChI=1S/C10H12F3NO2S2/c1-7(2)18(15,16)14-8-3-5-9(6-4-8)17-10(11,12)13/h3-7,14H,1-2H3. The van der Waals surface area contributed by atoms with Crippen molar-refractivity contribution in [2.75, 3.05) is 4.72 Å². The number of hydrogen-bond acceptors (Lipinski definition) is 3. The molecule has 102 valence electrons. The van der Waals surface area contributed by atoms with Gasteiger partial charge < -0.3 is 0 Å². The van der Waals surface area contributed by atoms with Crippen molar-refractivity contribution in [3.8, 4) is 0 Å². The monoisotopic (exact) mass is 299 g/mol. The summed E-state index contributed by atoms with van der Waals surface area (Å²) in [6.45, 7) is 3.02. The Morgan fingerprint density at radius 2 is 1.67 bits per heavy atom. The molecule has 8 heteroatoms. The fourth-order valence-electron chi connectivity index (χ4n) is 1.01. The van der Waals surface area contributed by atoms with E-state index in [2.05, 4.69) is 4.72 Å². The molecule has 1 aromatic rings. The second kappa shape index (κ2) is 5.40. The molecule has 0 radical (unpaired) electrons. The van der Waals surface area contributed by atoms with E-state index in [1.807, 2.05) is 0 Å². The second-order valence-electron chi connectivity index (χ2n) is 3.77. The average Bonchev–Trinajstić information content (AvgIpc) is 2.18. The average molecular weight is 299 g/mol. The minimum absolute atomic E-state index is 0.00925. The molecule has 0 amide bonds. The predicted octanol–water partition coefficient (Wildman–Crippen LogP) is 3.45. The number of anilines is 1. The van der Waals surface area contributed by atoms with Gasteiger partial charge in [-0.2, -0.15) is 13.2 Å². The molecule has 0 spiro atoms. The molecule has 1 rings (SSSR count). The van der Waals surface area contributed by atoms with Gasteiger partial charge in [0.25, 0.3) is 0 Å². The second-order valence-corrected chi connectivity index (χ2v) is 7.14. The smallest absolute Gasteiger partial charge is 0.283 e. The first-order valence-electron chi connectivity index (χ1n) is 4.97. The molecule has 0 aliphatic heterocycles. The highest BCUT2D eigenvalue weighted by molar-refractivity contribution is 8.00. The van der Waals surface area contributed by atoms with Gasteiger partial charge in [-0.15, -0.1) is 0 Å². The van der Waals surface area contributed by atoms with Gasteiger partial charge in [0.1, 0.15) is 0 Å². The quantitative estimate of drug-likeness (QED) is 0.866. The topological polar surface area (TPSA) is 46.2 Å². The van der Waals surface area contributed by atoms with E-state index >= 15 is 0 Å². The first-order valence-corrected chi connectivity index (χ1v) is 7.34. The summed E-state index contributed by atoms with van der Waals surface area (Å²) < 4.78 is 61.5. The molecule has 0 unspecified atom stereocenters. The minimum atomic E-state index is -4.35. The van der Waals surface area contributed by atoms with Crippen molar-refractivity contribution in [1.82, 2.24) is 0 Å². The Hall–Kier alpha value is -0.890. The van der Waals surface area contributed by atoms with Gasteiger partial charge in [-0.25, -0.2) is 8.42 Å². The molecule has 0 bridgehead atoms. The van der Waals surface area contributed by atoms with Gasteiger partial charge in [-0.05, 0) is 49.9 Å². The predicted molar refractivity (Wildman–Crippen MR) is 66.0 cm³/mol. The van der Waals surface area contributed by atoms with Crippen LogP contribution in [-0.2, 0) is 10.0 Å². The van der Waals surface area contributed by atoms with Crippen molar-refractivity contribution in [2.24, 2.45) is 0 Å². The number of sulfonamides is 1. The van der Waals surface area contributed by atoms with Crippen LogP contribution in [0, 0.1) is 0 Å². The van der Waals surface area contributed by atoms with Crippen LogP contribution in [0.25, 0.3) is 0 Å². The first-order chi connectivity index (χ1) is 8.10.